The molecule has 2 aliphatic rings. The molecule has 0 unspecified atom stereocenters. The van der Waals surface area contributed by atoms with Crippen LogP contribution in [0.4, 0.5) is 0 Å². The second-order valence-electron chi connectivity index (χ2n) is 6.01. The van der Waals surface area contributed by atoms with Gasteiger partial charge in [0, 0.05) is 44.1 Å². The lowest BCUT2D eigenvalue weighted by molar-refractivity contribution is 0.0255. The molecule has 0 aliphatic carbocycles. The Kier molecular flexibility index (Phi) is 4.95. The third-order valence-electron chi connectivity index (χ3n) is 4.33. The number of piperazine rings is 1. The summed E-state index contributed by atoms with van der Waals surface area (Å²) in [5.74, 6) is 0.934. The molecule has 2 saturated heterocycles. The first kappa shape index (κ1) is 15.3. The molecule has 1 N–H and O–H groups in total. The van der Waals surface area contributed by atoms with Crippen molar-refractivity contribution < 1.29 is 14.3 Å². The number of benzene rings is 1. The van der Waals surface area contributed by atoms with Gasteiger partial charge in [0.2, 0.25) is 0 Å². The normalized spacial score (nSPS) is 23.3. The second-order valence-corrected chi connectivity index (χ2v) is 6.01. The van der Waals surface area contributed by atoms with E-state index in [0.717, 1.165) is 57.0 Å². The molecule has 1 amide bonds. The van der Waals surface area contributed by atoms with Crippen LogP contribution >= 0.6 is 0 Å². The van der Waals surface area contributed by atoms with Crippen molar-refractivity contribution in [1.82, 2.24) is 10.2 Å². The lowest BCUT2D eigenvalue weighted by atomic mass is 10.1. The van der Waals surface area contributed by atoms with E-state index in [9.17, 15) is 4.79 Å². The summed E-state index contributed by atoms with van der Waals surface area (Å²) in [6, 6.07) is 7.77. The van der Waals surface area contributed by atoms with Gasteiger partial charge in [-0.2, -0.15) is 0 Å². The average Bonchev–Trinajstić information content (AvgIpc) is 2.56. The minimum atomic E-state index is 0.103. The molecule has 0 aromatic heterocycles. The summed E-state index contributed by atoms with van der Waals surface area (Å²) in [5, 5.41) is 3.30. The topological polar surface area (TPSA) is 50.8 Å². The predicted molar refractivity (Wildman–Crippen MR) is 84.3 cm³/mol. The van der Waals surface area contributed by atoms with Crippen LogP contribution in [0.25, 0.3) is 0 Å². The Balaban J connectivity index is 1.61. The highest BCUT2D eigenvalue weighted by molar-refractivity contribution is 5.94. The number of hydrogen-bond donors (Lipinski definition) is 1. The number of amides is 1. The van der Waals surface area contributed by atoms with E-state index in [1.165, 1.54) is 0 Å². The number of rotatable bonds is 3. The Labute approximate surface area is 131 Å². The molecular weight excluding hydrogens is 280 g/mol. The molecule has 120 valence electrons. The van der Waals surface area contributed by atoms with E-state index in [0.29, 0.717) is 0 Å². The van der Waals surface area contributed by atoms with Crippen molar-refractivity contribution in [3.8, 4) is 5.75 Å². The van der Waals surface area contributed by atoms with E-state index >= 15 is 0 Å². The summed E-state index contributed by atoms with van der Waals surface area (Å²) in [7, 11) is 0. The first-order valence-electron chi connectivity index (χ1n) is 8.10. The molecule has 2 heterocycles. The number of nitrogens with one attached hydrogen (secondary N) is 1. The van der Waals surface area contributed by atoms with Crippen LogP contribution in [0.5, 0.6) is 5.75 Å². The SMILES string of the molecule is C[C@H]1CNCCN1C(=O)c1ccc(OC2CCOCC2)cc1. The van der Waals surface area contributed by atoms with Crippen LogP contribution in [-0.2, 0) is 4.74 Å². The monoisotopic (exact) mass is 304 g/mol. The van der Waals surface area contributed by atoms with Gasteiger partial charge in [0.1, 0.15) is 11.9 Å². The quantitative estimate of drug-likeness (QED) is 0.923. The first-order valence-corrected chi connectivity index (χ1v) is 8.10. The third-order valence-corrected chi connectivity index (χ3v) is 4.33. The Bertz CT molecular complexity index is 497. The molecule has 2 aliphatic heterocycles. The maximum Gasteiger partial charge on any atom is 0.254 e. The number of carbonyl (C=O) groups is 1. The van der Waals surface area contributed by atoms with Crippen molar-refractivity contribution in [1.29, 1.82) is 0 Å². The van der Waals surface area contributed by atoms with Gasteiger partial charge >= 0.3 is 0 Å². The van der Waals surface area contributed by atoms with Gasteiger partial charge in [-0.1, -0.05) is 0 Å². The Morgan fingerprint density at radius 1 is 1.27 bits per heavy atom. The molecule has 5 nitrogen and oxygen atoms in total. The molecule has 1 aromatic rings. The molecule has 5 heteroatoms. The minimum absolute atomic E-state index is 0.103. The van der Waals surface area contributed by atoms with Crippen LogP contribution in [0.2, 0.25) is 0 Å². The number of nitrogens with zero attached hydrogens (tertiary/aromatic N) is 1. The van der Waals surface area contributed by atoms with Crippen molar-refractivity contribution in [3.05, 3.63) is 29.8 Å². The summed E-state index contributed by atoms with van der Waals surface area (Å²) in [6.45, 7) is 6.09. The Morgan fingerprint density at radius 3 is 2.68 bits per heavy atom. The summed E-state index contributed by atoms with van der Waals surface area (Å²) in [4.78, 5) is 14.5. The first-order chi connectivity index (χ1) is 10.7. The van der Waals surface area contributed by atoms with Crippen molar-refractivity contribution in [2.45, 2.75) is 31.9 Å². The molecule has 1 aromatic carbocycles. The van der Waals surface area contributed by atoms with Crippen molar-refractivity contribution in [2.75, 3.05) is 32.8 Å². The largest absolute Gasteiger partial charge is 0.490 e. The fraction of sp³-hybridized carbons (Fsp3) is 0.588. The van der Waals surface area contributed by atoms with Crippen LogP contribution < -0.4 is 10.1 Å². The van der Waals surface area contributed by atoms with Gasteiger partial charge in [-0.15, -0.1) is 0 Å². The zero-order valence-corrected chi connectivity index (χ0v) is 13.1. The number of hydrogen-bond acceptors (Lipinski definition) is 4. The van der Waals surface area contributed by atoms with E-state index in [1.807, 2.05) is 29.2 Å². The molecule has 0 saturated carbocycles. The van der Waals surface area contributed by atoms with E-state index in [-0.39, 0.29) is 18.1 Å². The van der Waals surface area contributed by atoms with Gasteiger partial charge in [-0.3, -0.25) is 4.79 Å². The van der Waals surface area contributed by atoms with Gasteiger partial charge < -0.3 is 19.7 Å². The van der Waals surface area contributed by atoms with Gasteiger partial charge in [-0.05, 0) is 31.2 Å². The standard InChI is InChI=1S/C17H24N2O3/c1-13-12-18-8-9-19(13)17(20)14-2-4-15(5-3-14)22-16-6-10-21-11-7-16/h2-5,13,16,18H,6-12H2,1H3/t13-/m0/s1. The maximum atomic E-state index is 12.6. The smallest absolute Gasteiger partial charge is 0.254 e. The molecule has 3 rings (SSSR count). The van der Waals surface area contributed by atoms with Gasteiger partial charge in [-0.25, -0.2) is 0 Å². The van der Waals surface area contributed by atoms with Crippen LogP contribution in [0.1, 0.15) is 30.1 Å². The van der Waals surface area contributed by atoms with Crippen LogP contribution in [0, 0.1) is 0 Å². The summed E-state index contributed by atoms with van der Waals surface area (Å²) in [6.07, 6.45) is 2.08. The fourth-order valence-electron chi connectivity index (χ4n) is 2.97. The highest BCUT2D eigenvalue weighted by atomic mass is 16.5. The average molecular weight is 304 g/mol. The lowest BCUT2D eigenvalue weighted by Gasteiger charge is -2.34. The predicted octanol–water partition coefficient (Wildman–Crippen LogP) is 1.68. The van der Waals surface area contributed by atoms with Crippen LogP contribution in [0.15, 0.2) is 24.3 Å². The minimum Gasteiger partial charge on any atom is -0.490 e. The number of carbonyl (C=O) groups excluding carboxylic acids is 1. The highest BCUT2D eigenvalue weighted by Gasteiger charge is 2.24. The zero-order valence-electron chi connectivity index (χ0n) is 13.1. The van der Waals surface area contributed by atoms with Crippen molar-refractivity contribution in [2.24, 2.45) is 0 Å². The van der Waals surface area contributed by atoms with Gasteiger partial charge in [0.15, 0.2) is 0 Å². The molecule has 2 fully saturated rings. The van der Waals surface area contributed by atoms with E-state index in [4.69, 9.17) is 9.47 Å². The molecule has 22 heavy (non-hydrogen) atoms. The van der Waals surface area contributed by atoms with Gasteiger partial charge in [0.05, 0.1) is 13.2 Å². The van der Waals surface area contributed by atoms with E-state index < -0.39 is 0 Å². The summed E-state index contributed by atoms with van der Waals surface area (Å²) < 4.78 is 11.3. The second kappa shape index (κ2) is 7.11. The molecular formula is C17H24N2O3. The van der Waals surface area contributed by atoms with Crippen LogP contribution in [0.3, 0.4) is 0 Å². The van der Waals surface area contributed by atoms with Gasteiger partial charge in [0.25, 0.3) is 5.91 Å². The Hall–Kier alpha value is -1.59. The number of ether oxygens (including phenoxy) is 2. The molecule has 1 atom stereocenters. The van der Waals surface area contributed by atoms with Crippen molar-refractivity contribution in [3.63, 3.8) is 0 Å². The molecule has 0 spiro atoms. The molecule has 0 radical (unpaired) electrons. The zero-order chi connectivity index (χ0) is 15.4. The summed E-state index contributed by atoms with van der Waals surface area (Å²) in [5.41, 5.74) is 0.730. The third kappa shape index (κ3) is 3.59. The summed E-state index contributed by atoms with van der Waals surface area (Å²) >= 11 is 0. The van der Waals surface area contributed by atoms with E-state index in [1.54, 1.807) is 0 Å². The highest BCUT2D eigenvalue weighted by Crippen LogP contribution is 2.20. The fourth-order valence-corrected chi connectivity index (χ4v) is 2.97. The van der Waals surface area contributed by atoms with Crippen LogP contribution in [-0.4, -0.2) is 55.8 Å². The van der Waals surface area contributed by atoms with Crippen molar-refractivity contribution >= 4 is 5.91 Å². The maximum absolute atomic E-state index is 12.6. The lowest BCUT2D eigenvalue weighted by Crippen LogP contribution is -2.52. The molecule has 0 bridgehead atoms. The van der Waals surface area contributed by atoms with E-state index in [2.05, 4.69) is 12.2 Å². The Morgan fingerprint density at radius 2 is 2.00 bits per heavy atom.